The molecule has 3 aromatic carbocycles. The summed E-state index contributed by atoms with van der Waals surface area (Å²) in [6, 6.07) is 21.1. The highest BCUT2D eigenvalue weighted by Crippen LogP contribution is 2.18. The molecule has 3 aromatic rings. The lowest BCUT2D eigenvalue weighted by molar-refractivity contribution is 0.0734. The number of benzene rings is 3. The number of hydrogen-bond donors (Lipinski definition) is 0. The second-order valence-electron chi connectivity index (χ2n) is 6.25. The van der Waals surface area contributed by atoms with Gasteiger partial charge in [0.1, 0.15) is 11.5 Å². The van der Waals surface area contributed by atoms with Gasteiger partial charge in [-0.2, -0.15) is 0 Å². The largest absolute Gasteiger partial charge is 0.497 e. The maximum absolute atomic E-state index is 12.3. The first kappa shape index (κ1) is 19.1. The summed E-state index contributed by atoms with van der Waals surface area (Å²) in [5.74, 6) is 0.339. The van der Waals surface area contributed by atoms with Gasteiger partial charge in [0.05, 0.1) is 12.7 Å². The monoisotopic (exact) mass is 372 g/mol. The molecule has 0 saturated heterocycles. The maximum Gasteiger partial charge on any atom is 0.343 e. The van der Waals surface area contributed by atoms with E-state index >= 15 is 0 Å². The summed E-state index contributed by atoms with van der Waals surface area (Å²) in [6.07, 6.45) is 3.31. The van der Waals surface area contributed by atoms with Crippen LogP contribution in [0.15, 0.2) is 78.9 Å². The Bertz CT molecular complexity index is 1000. The van der Waals surface area contributed by atoms with Crippen molar-refractivity contribution in [1.29, 1.82) is 0 Å². The van der Waals surface area contributed by atoms with Crippen molar-refractivity contribution in [2.45, 2.75) is 6.92 Å². The normalized spacial score (nSPS) is 10.6. The van der Waals surface area contributed by atoms with Crippen LogP contribution in [0.2, 0.25) is 0 Å². The van der Waals surface area contributed by atoms with Crippen LogP contribution in [-0.4, -0.2) is 18.9 Å². The number of rotatable bonds is 6. The zero-order valence-corrected chi connectivity index (χ0v) is 15.7. The van der Waals surface area contributed by atoms with Gasteiger partial charge in [-0.15, -0.1) is 0 Å². The van der Waals surface area contributed by atoms with Crippen LogP contribution in [0.25, 0.3) is 6.08 Å². The third kappa shape index (κ3) is 4.95. The molecular formula is C24H20O4. The van der Waals surface area contributed by atoms with Gasteiger partial charge >= 0.3 is 5.97 Å². The lowest BCUT2D eigenvalue weighted by atomic mass is 10.1. The van der Waals surface area contributed by atoms with E-state index in [9.17, 15) is 9.59 Å². The van der Waals surface area contributed by atoms with Gasteiger partial charge in [0.2, 0.25) is 0 Å². The van der Waals surface area contributed by atoms with Gasteiger partial charge in [0.15, 0.2) is 5.78 Å². The summed E-state index contributed by atoms with van der Waals surface area (Å²) in [5.41, 5.74) is 3.04. The number of ether oxygens (including phenoxy) is 2. The fourth-order valence-corrected chi connectivity index (χ4v) is 2.55. The Morgan fingerprint density at radius 1 is 0.821 bits per heavy atom. The molecule has 0 aromatic heterocycles. The molecule has 0 heterocycles. The number of aryl methyl sites for hydroxylation is 1. The molecule has 0 aliphatic heterocycles. The smallest absolute Gasteiger partial charge is 0.343 e. The van der Waals surface area contributed by atoms with Crippen LogP contribution in [0.5, 0.6) is 11.5 Å². The number of carbonyl (C=O) groups excluding carboxylic acids is 2. The predicted octanol–water partition coefficient (Wildman–Crippen LogP) is 5.12. The van der Waals surface area contributed by atoms with Crippen LogP contribution in [-0.2, 0) is 0 Å². The van der Waals surface area contributed by atoms with Crippen LogP contribution >= 0.6 is 0 Å². The van der Waals surface area contributed by atoms with Crippen molar-refractivity contribution in [1.82, 2.24) is 0 Å². The maximum atomic E-state index is 12.3. The minimum Gasteiger partial charge on any atom is -0.497 e. The van der Waals surface area contributed by atoms with E-state index in [2.05, 4.69) is 0 Å². The number of methoxy groups -OCH3 is 1. The Kier molecular flexibility index (Phi) is 6.02. The van der Waals surface area contributed by atoms with Crippen LogP contribution in [0.3, 0.4) is 0 Å². The van der Waals surface area contributed by atoms with Crippen molar-refractivity contribution in [3.8, 4) is 11.5 Å². The number of ketones is 1. The third-order valence-electron chi connectivity index (χ3n) is 4.16. The molecule has 28 heavy (non-hydrogen) atoms. The van der Waals surface area contributed by atoms with Crippen LogP contribution < -0.4 is 9.47 Å². The van der Waals surface area contributed by atoms with Gasteiger partial charge < -0.3 is 9.47 Å². The van der Waals surface area contributed by atoms with Crippen LogP contribution in [0, 0.1) is 6.92 Å². The van der Waals surface area contributed by atoms with Crippen LogP contribution in [0.1, 0.15) is 31.8 Å². The minimum atomic E-state index is -0.489. The number of carbonyl (C=O) groups is 2. The first-order valence-electron chi connectivity index (χ1n) is 8.80. The highest BCUT2D eigenvalue weighted by Gasteiger charge is 2.10. The van der Waals surface area contributed by atoms with E-state index in [4.69, 9.17) is 9.47 Å². The first-order valence-corrected chi connectivity index (χ1v) is 8.80. The SMILES string of the molecule is COc1cccc(C(=O)Oc2ccc(C(=O)C=Cc3ccc(C)cc3)cc2)c1. The van der Waals surface area contributed by atoms with Crippen molar-refractivity contribution < 1.29 is 19.1 Å². The molecule has 0 N–H and O–H groups in total. The standard InChI is InChI=1S/C24H20O4/c1-17-6-8-18(9-7-17)10-15-23(25)19-11-13-21(14-12-19)28-24(26)20-4-3-5-22(16-20)27-2/h3-16H,1-2H3. The van der Waals surface area contributed by atoms with E-state index < -0.39 is 5.97 Å². The Labute approximate surface area is 164 Å². The van der Waals surface area contributed by atoms with Crippen molar-refractivity contribution in [2.24, 2.45) is 0 Å². The summed E-state index contributed by atoms with van der Waals surface area (Å²) >= 11 is 0. The summed E-state index contributed by atoms with van der Waals surface area (Å²) in [5, 5.41) is 0. The molecule has 0 aliphatic carbocycles. The van der Waals surface area contributed by atoms with Gasteiger partial charge in [-0.1, -0.05) is 42.0 Å². The topological polar surface area (TPSA) is 52.6 Å². The predicted molar refractivity (Wildman–Crippen MR) is 109 cm³/mol. The summed E-state index contributed by atoms with van der Waals surface area (Å²) < 4.78 is 10.5. The summed E-state index contributed by atoms with van der Waals surface area (Å²) in [7, 11) is 1.54. The molecule has 0 atom stereocenters. The third-order valence-corrected chi connectivity index (χ3v) is 4.16. The lowest BCUT2D eigenvalue weighted by Gasteiger charge is -2.06. The Hall–Kier alpha value is -3.66. The molecule has 0 unspecified atom stereocenters. The average molecular weight is 372 g/mol. The Morgan fingerprint density at radius 2 is 1.54 bits per heavy atom. The number of hydrogen-bond acceptors (Lipinski definition) is 4. The summed E-state index contributed by atoms with van der Waals surface area (Å²) in [6.45, 7) is 2.02. The van der Waals surface area contributed by atoms with Gasteiger partial charge in [-0.25, -0.2) is 4.79 Å². The van der Waals surface area contributed by atoms with Crippen molar-refractivity contribution >= 4 is 17.8 Å². The van der Waals surface area contributed by atoms with Gasteiger partial charge in [0, 0.05) is 5.56 Å². The van der Waals surface area contributed by atoms with E-state index in [1.807, 2.05) is 31.2 Å². The fourth-order valence-electron chi connectivity index (χ4n) is 2.55. The van der Waals surface area contributed by atoms with E-state index in [1.165, 1.54) is 18.7 Å². The zero-order valence-electron chi connectivity index (χ0n) is 15.7. The minimum absolute atomic E-state index is 0.119. The number of allylic oxidation sites excluding steroid dienone is 1. The molecular weight excluding hydrogens is 352 g/mol. The van der Waals surface area contributed by atoms with E-state index in [1.54, 1.807) is 54.6 Å². The second-order valence-corrected chi connectivity index (χ2v) is 6.25. The molecule has 0 fully saturated rings. The van der Waals surface area contributed by atoms with Crippen molar-refractivity contribution in [3.05, 3.63) is 101 Å². The fraction of sp³-hybridized carbons (Fsp3) is 0.0833. The molecule has 0 bridgehead atoms. The van der Waals surface area contributed by atoms with Gasteiger partial charge in [0.25, 0.3) is 0 Å². The molecule has 4 heteroatoms. The number of esters is 1. The molecule has 0 amide bonds. The van der Waals surface area contributed by atoms with Gasteiger partial charge in [-0.3, -0.25) is 4.79 Å². The molecule has 0 radical (unpaired) electrons. The van der Waals surface area contributed by atoms with E-state index in [0.717, 1.165) is 5.56 Å². The molecule has 0 spiro atoms. The highest BCUT2D eigenvalue weighted by atomic mass is 16.5. The van der Waals surface area contributed by atoms with Gasteiger partial charge in [-0.05, 0) is 61.0 Å². The molecule has 3 rings (SSSR count). The molecule has 0 saturated carbocycles. The lowest BCUT2D eigenvalue weighted by Crippen LogP contribution is -2.08. The average Bonchev–Trinajstić information content (AvgIpc) is 2.73. The van der Waals surface area contributed by atoms with Crippen LogP contribution in [0.4, 0.5) is 0 Å². The van der Waals surface area contributed by atoms with Crippen molar-refractivity contribution in [2.75, 3.05) is 7.11 Å². The Morgan fingerprint density at radius 3 is 2.21 bits per heavy atom. The Balaban J connectivity index is 1.64. The highest BCUT2D eigenvalue weighted by molar-refractivity contribution is 6.06. The first-order chi connectivity index (χ1) is 13.5. The quantitative estimate of drug-likeness (QED) is 0.261. The zero-order chi connectivity index (χ0) is 19.9. The van der Waals surface area contributed by atoms with E-state index in [-0.39, 0.29) is 5.78 Å². The molecule has 140 valence electrons. The second kappa shape index (κ2) is 8.82. The molecule has 4 nitrogen and oxygen atoms in total. The molecule has 0 aliphatic rings. The van der Waals surface area contributed by atoms with Crippen molar-refractivity contribution in [3.63, 3.8) is 0 Å². The van der Waals surface area contributed by atoms with E-state index in [0.29, 0.717) is 22.6 Å². The summed E-state index contributed by atoms with van der Waals surface area (Å²) in [4.78, 5) is 24.5.